The number of unbranched alkanes of at least 4 members (excludes halogenated alkanes) is 26. The van der Waals surface area contributed by atoms with E-state index in [1.54, 1.807) is 0 Å². The molecule has 0 amide bonds. The minimum Gasteiger partial charge on any atom is -0.462 e. The first-order valence-corrected chi connectivity index (χ1v) is 32.0. The first-order chi connectivity index (χ1) is 38.0. The maximum absolute atomic E-state index is 12.9. The van der Waals surface area contributed by atoms with Crippen molar-refractivity contribution in [3.05, 3.63) is 122 Å². The molecule has 0 saturated heterocycles. The number of rotatable bonds is 57. The number of ether oxygens (including phenoxy) is 3. The molecule has 6 nitrogen and oxygen atoms in total. The summed E-state index contributed by atoms with van der Waals surface area (Å²) in [5.41, 5.74) is 0. The average Bonchev–Trinajstić information content (AvgIpc) is 3.43. The lowest BCUT2D eigenvalue weighted by molar-refractivity contribution is -0.167. The van der Waals surface area contributed by atoms with Crippen molar-refractivity contribution in [2.75, 3.05) is 13.2 Å². The van der Waals surface area contributed by atoms with Crippen molar-refractivity contribution in [2.45, 2.75) is 297 Å². The van der Waals surface area contributed by atoms with Gasteiger partial charge in [0.1, 0.15) is 13.2 Å². The highest BCUT2D eigenvalue weighted by atomic mass is 16.6. The molecule has 0 fully saturated rings. The van der Waals surface area contributed by atoms with E-state index < -0.39 is 6.10 Å². The highest BCUT2D eigenvalue weighted by molar-refractivity contribution is 5.71. The topological polar surface area (TPSA) is 78.9 Å². The van der Waals surface area contributed by atoms with E-state index in [-0.39, 0.29) is 31.1 Å². The van der Waals surface area contributed by atoms with E-state index in [1.165, 1.54) is 116 Å². The Morgan fingerprint density at radius 2 is 0.506 bits per heavy atom. The van der Waals surface area contributed by atoms with Crippen LogP contribution >= 0.6 is 0 Å². The van der Waals surface area contributed by atoms with E-state index in [9.17, 15) is 14.4 Å². The smallest absolute Gasteiger partial charge is 0.306 e. The quantitative estimate of drug-likeness (QED) is 0.0261. The van der Waals surface area contributed by atoms with Crippen LogP contribution < -0.4 is 0 Å². The maximum atomic E-state index is 12.9. The normalized spacial score (nSPS) is 12.9. The number of esters is 3. The third-order valence-electron chi connectivity index (χ3n) is 13.5. The van der Waals surface area contributed by atoms with Crippen molar-refractivity contribution in [1.29, 1.82) is 0 Å². The van der Waals surface area contributed by atoms with Crippen LogP contribution in [0, 0.1) is 0 Å². The Kier molecular flexibility index (Phi) is 60.8. The Bertz CT molecular complexity index is 1600. The molecule has 0 aromatic carbocycles. The fourth-order valence-electron chi connectivity index (χ4n) is 8.67. The second-order valence-electron chi connectivity index (χ2n) is 20.9. The van der Waals surface area contributed by atoms with Crippen LogP contribution in [0.2, 0.25) is 0 Å². The zero-order valence-corrected chi connectivity index (χ0v) is 50.2. The van der Waals surface area contributed by atoms with Crippen molar-refractivity contribution in [2.24, 2.45) is 0 Å². The lowest BCUT2D eigenvalue weighted by atomic mass is 10.1. The number of hydrogen-bond acceptors (Lipinski definition) is 6. The second-order valence-corrected chi connectivity index (χ2v) is 20.9. The van der Waals surface area contributed by atoms with Crippen molar-refractivity contribution < 1.29 is 28.6 Å². The summed E-state index contributed by atoms with van der Waals surface area (Å²) < 4.78 is 16.8. The summed E-state index contributed by atoms with van der Waals surface area (Å²) in [6.45, 7) is 6.49. The minimum absolute atomic E-state index is 0.0854. The fraction of sp³-hybridized carbons (Fsp3) is 0.676. The van der Waals surface area contributed by atoms with Gasteiger partial charge in [0.25, 0.3) is 0 Å². The Morgan fingerprint density at radius 3 is 0.805 bits per heavy atom. The van der Waals surface area contributed by atoms with Crippen LogP contribution in [0.5, 0.6) is 0 Å². The summed E-state index contributed by atoms with van der Waals surface area (Å²) >= 11 is 0. The molecule has 0 aromatic heterocycles. The highest BCUT2D eigenvalue weighted by Crippen LogP contribution is 2.15. The van der Waals surface area contributed by atoms with Crippen LogP contribution in [-0.2, 0) is 28.6 Å². The van der Waals surface area contributed by atoms with Gasteiger partial charge in [-0.15, -0.1) is 0 Å². The molecule has 0 aromatic rings. The fourth-order valence-corrected chi connectivity index (χ4v) is 8.67. The molecule has 0 aliphatic rings. The van der Waals surface area contributed by atoms with Gasteiger partial charge in [-0.05, 0) is 116 Å². The molecular formula is C71H118O6. The molecule has 0 aliphatic heterocycles. The van der Waals surface area contributed by atoms with Gasteiger partial charge in [-0.1, -0.05) is 277 Å². The van der Waals surface area contributed by atoms with Gasteiger partial charge in [0.15, 0.2) is 6.10 Å². The second kappa shape index (κ2) is 64.3. The standard InChI is InChI=1S/C71H118O6/c1-4-7-10-13-16-19-21-23-25-27-28-29-30-31-32-33-34-35-36-37-38-39-40-41-42-44-45-47-49-52-55-58-61-64-70(73)76-67-68(66-75-69(72)63-60-57-54-51-18-15-12-9-6-3)77-71(74)65-62-59-56-53-50-48-46-43-26-24-22-20-17-14-11-8-5-2/h7,10,16,19,23-26,28-29,31-32,34-35,37-38,40-41,44-45,68H,4-6,8-9,11-15,17-18,20-22,27,30,33,36,39,42-43,46-67H2,1-3H3/b10-7-,19-16-,25-23-,26-24-,29-28-,32-31-,35-34-,38-37-,41-40-,45-44-. The third-order valence-corrected chi connectivity index (χ3v) is 13.5. The number of allylic oxidation sites excluding steroid dienone is 20. The van der Waals surface area contributed by atoms with E-state index in [4.69, 9.17) is 14.2 Å². The van der Waals surface area contributed by atoms with Crippen LogP contribution in [0.3, 0.4) is 0 Å². The van der Waals surface area contributed by atoms with Crippen LogP contribution in [0.1, 0.15) is 290 Å². The molecule has 0 bridgehead atoms. The van der Waals surface area contributed by atoms with Crippen molar-refractivity contribution in [3.8, 4) is 0 Å². The SMILES string of the molecule is CC/C=C\C/C=C\C/C=C\C/C=C\C/C=C\C/C=C\C/C=C\C/C=C\C/C=C\CCCCCCCC(=O)OCC(COC(=O)CCCCCCCCCCC)OC(=O)CCCCCCCCC/C=C\CCCCCCCC. The van der Waals surface area contributed by atoms with E-state index in [2.05, 4.69) is 142 Å². The van der Waals surface area contributed by atoms with Gasteiger partial charge >= 0.3 is 17.9 Å². The van der Waals surface area contributed by atoms with E-state index in [1.807, 2.05) is 0 Å². The first-order valence-electron chi connectivity index (χ1n) is 32.0. The molecule has 1 atom stereocenters. The van der Waals surface area contributed by atoms with Gasteiger partial charge in [-0.2, -0.15) is 0 Å². The van der Waals surface area contributed by atoms with Crippen LogP contribution in [0.15, 0.2) is 122 Å². The maximum Gasteiger partial charge on any atom is 0.306 e. The molecule has 1 unspecified atom stereocenters. The van der Waals surface area contributed by atoms with Crippen LogP contribution in [-0.4, -0.2) is 37.2 Å². The van der Waals surface area contributed by atoms with Crippen molar-refractivity contribution >= 4 is 17.9 Å². The van der Waals surface area contributed by atoms with E-state index in [0.717, 1.165) is 135 Å². The Labute approximate surface area is 475 Å². The van der Waals surface area contributed by atoms with Gasteiger partial charge in [-0.3, -0.25) is 14.4 Å². The molecule has 0 saturated carbocycles. The van der Waals surface area contributed by atoms with E-state index in [0.29, 0.717) is 19.3 Å². The van der Waals surface area contributed by atoms with Gasteiger partial charge in [-0.25, -0.2) is 0 Å². The molecule has 0 heterocycles. The number of hydrogen-bond donors (Lipinski definition) is 0. The summed E-state index contributed by atoms with van der Waals surface area (Å²) in [5, 5.41) is 0. The zero-order chi connectivity index (χ0) is 55.7. The molecule has 438 valence electrons. The first kappa shape index (κ1) is 72.8. The van der Waals surface area contributed by atoms with Crippen molar-refractivity contribution in [3.63, 3.8) is 0 Å². The van der Waals surface area contributed by atoms with Crippen LogP contribution in [0.25, 0.3) is 0 Å². The zero-order valence-electron chi connectivity index (χ0n) is 50.2. The predicted octanol–water partition coefficient (Wildman–Crippen LogP) is 22.0. The Morgan fingerprint density at radius 1 is 0.273 bits per heavy atom. The van der Waals surface area contributed by atoms with Gasteiger partial charge in [0.05, 0.1) is 0 Å². The van der Waals surface area contributed by atoms with Gasteiger partial charge in [0.2, 0.25) is 0 Å². The van der Waals surface area contributed by atoms with Crippen molar-refractivity contribution in [1.82, 2.24) is 0 Å². The predicted molar refractivity (Wildman–Crippen MR) is 334 cm³/mol. The summed E-state index contributed by atoms with van der Waals surface area (Å²) in [6, 6.07) is 0. The van der Waals surface area contributed by atoms with Gasteiger partial charge in [0, 0.05) is 19.3 Å². The van der Waals surface area contributed by atoms with Crippen LogP contribution in [0.4, 0.5) is 0 Å². The molecule has 0 N–H and O–H groups in total. The summed E-state index contributed by atoms with van der Waals surface area (Å²) in [7, 11) is 0. The Hall–Kier alpha value is -4.19. The monoisotopic (exact) mass is 1070 g/mol. The lowest BCUT2D eigenvalue weighted by Crippen LogP contribution is -2.30. The molecule has 0 radical (unpaired) electrons. The molecule has 6 heteroatoms. The molecule has 77 heavy (non-hydrogen) atoms. The molecule has 0 aliphatic carbocycles. The minimum atomic E-state index is -0.789. The largest absolute Gasteiger partial charge is 0.462 e. The summed E-state index contributed by atoms with van der Waals surface area (Å²) in [4.78, 5) is 38.1. The average molecular weight is 1070 g/mol. The van der Waals surface area contributed by atoms with E-state index >= 15 is 0 Å². The van der Waals surface area contributed by atoms with Gasteiger partial charge < -0.3 is 14.2 Å². The Balaban J connectivity index is 4.25. The number of carbonyl (C=O) groups is 3. The molecule has 0 rings (SSSR count). The number of carbonyl (C=O) groups excluding carboxylic acids is 3. The molecule has 0 spiro atoms. The molecular weight excluding hydrogens is 949 g/mol. The lowest BCUT2D eigenvalue weighted by Gasteiger charge is -2.18. The third kappa shape index (κ3) is 62.5. The highest BCUT2D eigenvalue weighted by Gasteiger charge is 2.19. The summed E-state index contributed by atoms with van der Waals surface area (Å²) in [5.74, 6) is -0.909. The summed E-state index contributed by atoms with van der Waals surface area (Å²) in [6.07, 6.45) is 89.3.